The van der Waals surface area contributed by atoms with Crippen molar-refractivity contribution in [2.75, 3.05) is 26.2 Å². The summed E-state index contributed by atoms with van der Waals surface area (Å²) in [4.78, 5) is 2.68. The summed E-state index contributed by atoms with van der Waals surface area (Å²) in [7, 11) is 0. The minimum atomic E-state index is 0.353. The minimum Gasteiger partial charge on any atom is -0.314 e. The third-order valence-corrected chi connectivity index (χ3v) is 4.45. The molecule has 1 fully saturated rings. The van der Waals surface area contributed by atoms with Gasteiger partial charge in [-0.05, 0) is 43.6 Å². The van der Waals surface area contributed by atoms with Gasteiger partial charge in [0, 0.05) is 25.7 Å². The van der Waals surface area contributed by atoms with Crippen LogP contribution in [-0.2, 0) is 0 Å². The van der Waals surface area contributed by atoms with Gasteiger partial charge >= 0.3 is 0 Å². The van der Waals surface area contributed by atoms with Crippen LogP contribution in [0.3, 0.4) is 0 Å². The van der Waals surface area contributed by atoms with E-state index in [-0.39, 0.29) is 0 Å². The normalized spacial score (nSPS) is 28.3. The Morgan fingerprint density at radius 3 is 2.28 bits per heavy atom. The van der Waals surface area contributed by atoms with E-state index in [9.17, 15) is 0 Å². The number of hydrogen-bond acceptors (Lipinski definition) is 2. The zero-order valence-electron chi connectivity index (χ0n) is 13.4. The smallest absolute Gasteiger partial charge is 0.0102 e. The number of likely N-dealkylation sites (tertiary alicyclic amines) is 1. The molecule has 0 bridgehead atoms. The van der Waals surface area contributed by atoms with Gasteiger partial charge in [-0.1, -0.05) is 34.6 Å². The Hall–Kier alpha value is -0.0800. The third-order valence-electron chi connectivity index (χ3n) is 4.45. The summed E-state index contributed by atoms with van der Waals surface area (Å²) in [5, 5.41) is 3.66. The second-order valence-electron chi connectivity index (χ2n) is 7.30. The number of rotatable bonds is 6. The van der Waals surface area contributed by atoms with Crippen molar-refractivity contribution in [2.45, 2.75) is 60.4 Å². The van der Waals surface area contributed by atoms with Crippen LogP contribution in [0.15, 0.2) is 0 Å². The Bertz CT molecular complexity index is 227. The van der Waals surface area contributed by atoms with Gasteiger partial charge in [-0.3, -0.25) is 0 Å². The van der Waals surface area contributed by atoms with Gasteiger partial charge in [-0.25, -0.2) is 0 Å². The number of nitrogens with zero attached hydrogens (tertiary/aromatic N) is 1. The highest BCUT2D eigenvalue weighted by atomic mass is 15.1. The zero-order valence-corrected chi connectivity index (χ0v) is 13.4. The van der Waals surface area contributed by atoms with Gasteiger partial charge in [-0.2, -0.15) is 0 Å². The fraction of sp³-hybridized carbons (Fsp3) is 1.00. The first-order valence-corrected chi connectivity index (χ1v) is 7.81. The Morgan fingerprint density at radius 1 is 1.22 bits per heavy atom. The maximum absolute atomic E-state index is 3.66. The molecule has 0 amide bonds. The Balaban J connectivity index is 2.47. The fourth-order valence-corrected chi connectivity index (χ4v) is 3.27. The van der Waals surface area contributed by atoms with Crippen LogP contribution in [0.1, 0.15) is 54.4 Å². The predicted molar refractivity (Wildman–Crippen MR) is 80.9 cm³/mol. The van der Waals surface area contributed by atoms with Crippen molar-refractivity contribution >= 4 is 0 Å². The van der Waals surface area contributed by atoms with Crippen molar-refractivity contribution in [1.29, 1.82) is 0 Å². The summed E-state index contributed by atoms with van der Waals surface area (Å²) in [5.41, 5.74) is 0.353. The van der Waals surface area contributed by atoms with Gasteiger partial charge in [0.25, 0.3) is 0 Å². The van der Waals surface area contributed by atoms with Gasteiger partial charge in [-0.15, -0.1) is 0 Å². The molecule has 2 heteroatoms. The first-order chi connectivity index (χ1) is 8.35. The average molecular weight is 254 g/mol. The van der Waals surface area contributed by atoms with E-state index >= 15 is 0 Å². The molecule has 18 heavy (non-hydrogen) atoms. The van der Waals surface area contributed by atoms with Crippen LogP contribution in [0.4, 0.5) is 0 Å². The third kappa shape index (κ3) is 4.89. The quantitative estimate of drug-likeness (QED) is 0.782. The molecule has 1 rings (SSSR count). The monoisotopic (exact) mass is 254 g/mol. The lowest BCUT2D eigenvalue weighted by atomic mass is 9.82. The van der Waals surface area contributed by atoms with E-state index in [0.29, 0.717) is 11.5 Å². The molecule has 0 aromatic rings. The molecule has 1 aliphatic heterocycles. The van der Waals surface area contributed by atoms with Crippen LogP contribution in [0.2, 0.25) is 0 Å². The molecule has 0 aromatic carbocycles. The van der Waals surface area contributed by atoms with E-state index in [1.54, 1.807) is 0 Å². The molecule has 1 aliphatic rings. The molecule has 108 valence electrons. The van der Waals surface area contributed by atoms with Gasteiger partial charge in [0.1, 0.15) is 0 Å². The van der Waals surface area contributed by atoms with Gasteiger partial charge in [0.15, 0.2) is 0 Å². The lowest BCUT2D eigenvalue weighted by Gasteiger charge is -2.42. The van der Waals surface area contributed by atoms with Crippen LogP contribution in [0.25, 0.3) is 0 Å². The largest absolute Gasteiger partial charge is 0.314 e. The Labute approximate surface area is 115 Å². The summed E-state index contributed by atoms with van der Waals surface area (Å²) in [6.07, 6.45) is 2.62. The van der Waals surface area contributed by atoms with E-state index in [0.717, 1.165) is 18.4 Å². The van der Waals surface area contributed by atoms with Crippen molar-refractivity contribution in [3.63, 3.8) is 0 Å². The highest BCUT2D eigenvalue weighted by molar-refractivity contribution is 4.86. The molecule has 0 saturated carbocycles. The molecular formula is C16H34N2. The first-order valence-electron chi connectivity index (χ1n) is 7.81. The lowest BCUT2D eigenvalue weighted by Crippen LogP contribution is -2.50. The van der Waals surface area contributed by atoms with E-state index in [4.69, 9.17) is 0 Å². The van der Waals surface area contributed by atoms with Crippen molar-refractivity contribution in [2.24, 2.45) is 17.3 Å². The summed E-state index contributed by atoms with van der Waals surface area (Å²) < 4.78 is 0. The second kappa shape index (κ2) is 6.91. The topological polar surface area (TPSA) is 15.3 Å². The Morgan fingerprint density at radius 2 is 1.78 bits per heavy atom. The molecule has 2 nitrogen and oxygen atoms in total. The van der Waals surface area contributed by atoms with E-state index in [2.05, 4.69) is 51.8 Å². The maximum Gasteiger partial charge on any atom is 0.0102 e. The summed E-state index contributed by atoms with van der Waals surface area (Å²) in [6.45, 7) is 19.1. The first kappa shape index (κ1) is 16.0. The lowest BCUT2D eigenvalue weighted by molar-refractivity contribution is 0.0811. The summed E-state index contributed by atoms with van der Waals surface area (Å²) in [5.74, 6) is 1.73. The molecule has 3 atom stereocenters. The van der Waals surface area contributed by atoms with Crippen LogP contribution < -0.4 is 5.32 Å². The minimum absolute atomic E-state index is 0.353. The molecular weight excluding hydrogens is 220 g/mol. The standard InChI is InChI=1S/C16H34N2/c1-7-8-17-15(4)16(5,6)12-18-10-13(2)9-14(3)11-18/h13-15,17H,7-12H2,1-6H3. The van der Waals surface area contributed by atoms with Crippen LogP contribution >= 0.6 is 0 Å². The van der Waals surface area contributed by atoms with Gasteiger partial charge in [0.05, 0.1) is 0 Å². The van der Waals surface area contributed by atoms with Crippen molar-refractivity contribution in [3.8, 4) is 0 Å². The molecule has 0 spiro atoms. The zero-order chi connectivity index (χ0) is 13.8. The van der Waals surface area contributed by atoms with E-state index < -0.39 is 0 Å². The fourth-order valence-electron chi connectivity index (χ4n) is 3.27. The maximum atomic E-state index is 3.66. The molecule has 1 saturated heterocycles. The van der Waals surface area contributed by atoms with Crippen LogP contribution in [-0.4, -0.2) is 37.1 Å². The highest BCUT2D eigenvalue weighted by Gasteiger charge is 2.31. The number of piperidine rings is 1. The van der Waals surface area contributed by atoms with Crippen molar-refractivity contribution in [1.82, 2.24) is 10.2 Å². The average Bonchev–Trinajstić information content (AvgIpc) is 2.23. The van der Waals surface area contributed by atoms with Crippen molar-refractivity contribution in [3.05, 3.63) is 0 Å². The molecule has 1 N–H and O–H groups in total. The number of nitrogens with one attached hydrogen (secondary N) is 1. The summed E-state index contributed by atoms with van der Waals surface area (Å²) in [6, 6.07) is 0.588. The highest BCUT2D eigenvalue weighted by Crippen LogP contribution is 2.27. The van der Waals surface area contributed by atoms with Crippen LogP contribution in [0.5, 0.6) is 0 Å². The molecule has 0 radical (unpaired) electrons. The van der Waals surface area contributed by atoms with Gasteiger partial charge in [0.2, 0.25) is 0 Å². The predicted octanol–water partition coefficient (Wildman–Crippen LogP) is 3.38. The van der Waals surface area contributed by atoms with E-state index in [1.165, 1.54) is 32.5 Å². The Kier molecular flexibility index (Phi) is 6.13. The SMILES string of the molecule is CCCNC(C)C(C)(C)CN1CC(C)CC(C)C1. The molecule has 1 heterocycles. The van der Waals surface area contributed by atoms with Gasteiger partial charge < -0.3 is 10.2 Å². The molecule has 3 unspecified atom stereocenters. The van der Waals surface area contributed by atoms with E-state index in [1.807, 2.05) is 0 Å². The molecule has 0 aliphatic carbocycles. The molecule has 0 aromatic heterocycles. The van der Waals surface area contributed by atoms with Crippen molar-refractivity contribution < 1.29 is 0 Å². The summed E-state index contributed by atoms with van der Waals surface area (Å²) >= 11 is 0. The second-order valence-corrected chi connectivity index (χ2v) is 7.30. The van der Waals surface area contributed by atoms with Crippen LogP contribution in [0, 0.1) is 17.3 Å². The number of hydrogen-bond donors (Lipinski definition) is 1.